The van der Waals surface area contributed by atoms with E-state index in [1.165, 1.54) is 12.1 Å². The molecule has 0 aromatic heterocycles. The monoisotopic (exact) mass is 276 g/mol. The van der Waals surface area contributed by atoms with Crippen molar-refractivity contribution < 1.29 is 14.3 Å². The average Bonchev–Trinajstić information content (AvgIpc) is 2.12. The Morgan fingerprint density at radius 1 is 1.60 bits per heavy atom. The number of nitrogens with one attached hydrogen (secondary N) is 1. The van der Waals surface area contributed by atoms with Gasteiger partial charge in [-0.15, -0.1) is 0 Å². The van der Waals surface area contributed by atoms with Gasteiger partial charge in [0.05, 0.1) is 0 Å². The van der Waals surface area contributed by atoms with Gasteiger partial charge in [-0.1, -0.05) is 15.9 Å². The van der Waals surface area contributed by atoms with E-state index < -0.39 is 18.0 Å². The molecule has 1 rings (SSSR count). The Bertz CT molecular complexity index is 353. The van der Waals surface area contributed by atoms with E-state index in [9.17, 15) is 9.18 Å². The second-order valence-electron chi connectivity index (χ2n) is 3.00. The first kappa shape index (κ1) is 11.9. The zero-order chi connectivity index (χ0) is 11.4. The molecule has 15 heavy (non-hydrogen) atoms. The summed E-state index contributed by atoms with van der Waals surface area (Å²) in [5.74, 6) is -0.412. The van der Waals surface area contributed by atoms with E-state index in [2.05, 4.69) is 21.2 Å². The Hall–Kier alpha value is -1.14. The van der Waals surface area contributed by atoms with E-state index in [1.807, 2.05) is 0 Å². The molecular weight excluding hydrogens is 267 g/mol. The van der Waals surface area contributed by atoms with Crippen molar-refractivity contribution in [3.8, 4) is 0 Å². The minimum Gasteiger partial charge on any atom is -0.465 e. The van der Waals surface area contributed by atoms with Crippen LogP contribution >= 0.6 is 15.9 Å². The van der Waals surface area contributed by atoms with Gasteiger partial charge in [0, 0.05) is 17.1 Å². The van der Waals surface area contributed by atoms with Crippen molar-refractivity contribution in [1.29, 1.82) is 0 Å². The van der Waals surface area contributed by atoms with Crippen molar-refractivity contribution in [2.75, 3.05) is 6.54 Å². The molecule has 1 atom stereocenters. The summed E-state index contributed by atoms with van der Waals surface area (Å²) >= 11 is 3.13. The molecule has 82 valence electrons. The van der Waals surface area contributed by atoms with Crippen LogP contribution in [0.5, 0.6) is 0 Å². The highest BCUT2D eigenvalue weighted by atomic mass is 79.9. The molecule has 0 saturated carbocycles. The number of carboxylic acid groups (broad SMARTS) is 1. The zero-order valence-electron chi connectivity index (χ0n) is 7.71. The van der Waals surface area contributed by atoms with E-state index >= 15 is 0 Å². The second kappa shape index (κ2) is 5.09. The predicted octanol–water partition coefficient (Wildman–Crippen LogP) is 1.86. The molecule has 0 aliphatic rings. The maximum atomic E-state index is 13.0. The molecule has 4 nitrogen and oxygen atoms in total. The third kappa shape index (κ3) is 3.85. The lowest BCUT2D eigenvalue weighted by atomic mass is 10.1. The van der Waals surface area contributed by atoms with Gasteiger partial charge >= 0.3 is 6.09 Å². The highest BCUT2D eigenvalue weighted by Crippen LogP contribution is 2.18. The van der Waals surface area contributed by atoms with Crippen LogP contribution in [0.25, 0.3) is 0 Å². The van der Waals surface area contributed by atoms with Crippen LogP contribution < -0.4 is 11.1 Å². The smallest absolute Gasteiger partial charge is 0.404 e. The average molecular weight is 277 g/mol. The summed E-state index contributed by atoms with van der Waals surface area (Å²) in [6, 6.07) is 3.67. The van der Waals surface area contributed by atoms with Crippen LogP contribution in [0, 0.1) is 5.82 Å². The third-order valence-corrected chi connectivity index (χ3v) is 2.24. The molecular formula is C9H10BrFN2O2. The SMILES string of the molecule is N[C@H](CNC(=O)O)c1cc(F)cc(Br)c1. The molecule has 1 aromatic carbocycles. The summed E-state index contributed by atoms with van der Waals surface area (Å²) in [4.78, 5) is 10.2. The normalized spacial score (nSPS) is 12.2. The van der Waals surface area contributed by atoms with E-state index in [4.69, 9.17) is 10.8 Å². The van der Waals surface area contributed by atoms with Gasteiger partial charge in [0.1, 0.15) is 5.82 Å². The molecule has 1 amide bonds. The fraction of sp³-hybridized carbons (Fsp3) is 0.222. The van der Waals surface area contributed by atoms with Crippen molar-refractivity contribution in [3.63, 3.8) is 0 Å². The van der Waals surface area contributed by atoms with Gasteiger partial charge in [0.25, 0.3) is 0 Å². The van der Waals surface area contributed by atoms with Crippen LogP contribution in [0.3, 0.4) is 0 Å². The number of amides is 1. The number of nitrogens with two attached hydrogens (primary N) is 1. The quantitative estimate of drug-likeness (QED) is 0.789. The van der Waals surface area contributed by atoms with E-state index in [1.54, 1.807) is 6.07 Å². The largest absolute Gasteiger partial charge is 0.465 e. The van der Waals surface area contributed by atoms with Gasteiger partial charge in [-0.2, -0.15) is 0 Å². The number of hydrogen-bond acceptors (Lipinski definition) is 2. The Morgan fingerprint density at radius 2 is 2.27 bits per heavy atom. The maximum absolute atomic E-state index is 13.0. The van der Waals surface area contributed by atoms with E-state index in [0.29, 0.717) is 10.0 Å². The summed E-state index contributed by atoms with van der Waals surface area (Å²) in [5, 5.41) is 10.5. The number of hydrogen-bond donors (Lipinski definition) is 3. The molecule has 0 spiro atoms. The fourth-order valence-corrected chi connectivity index (χ4v) is 1.59. The first-order chi connectivity index (χ1) is 6.99. The molecule has 0 aliphatic heterocycles. The van der Waals surface area contributed by atoms with E-state index in [0.717, 1.165) is 0 Å². The van der Waals surface area contributed by atoms with Crippen molar-refractivity contribution in [1.82, 2.24) is 5.32 Å². The highest BCUT2D eigenvalue weighted by Gasteiger charge is 2.09. The molecule has 6 heteroatoms. The summed E-state index contributed by atoms with van der Waals surface area (Å²) in [6.07, 6.45) is -1.15. The van der Waals surface area contributed by atoms with Gasteiger partial charge in [-0.25, -0.2) is 9.18 Å². The number of benzene rings is 1. The Labute approximate surface area is 94.4 Å². The molecule has 0 fully saturated rings. The molecule has 1 aromatic rings. The van der Waals surface area contributed by atoms with Crippen molar-refractivity contribution in [2.45, 2.75) is 6.04 Å². The summed E-state index contributed by atoms with van der Waals surface area (Å²) in [5.41, 5.74) is 6.21. The standard InChI is InChI=1S/C9H10BrFN2O2/c10-6-1-5(2-7(11)3-6)8(12)4-13-9(14)15/h1-3,8,13H,4,12H2,(H,14,15)/t8-/m1/s1. The van der Waals surface area contributed by atoms with Crippen LogP contribution in [0.2, 0.25) is 0 Å². The van der Waals surface area contributed by atoms with Crippen molar-refractivity contribution in [3.05, 3.63) is 34.1 Å². The minimum atomic E-state index is -1.15. The maximum Gasteiger partial charge on any atom is 0.404 e. The predicted molar refractivity (Wildman–Crippen MR) is 57.1 cm³/mol. The molecule has 0 aliphatic carbocycles. The van der Waals surface area contributed by atoms with Gasteiger partial charge in [0.2, 0.25) is 0 Å². The van der Waals surface area contributed by atoms with Crippen LogP contribution in [-0.2, 0) is 0 Å². The first-order valence-corrected chi connectivity index (χ1v) is 4.96. The number of rotatable bonds is 3. The Kier molecular flexibility index (Phi) is 4.05. The number of carbonyl (C=O) groups is 1. The van der Waals surface area contributed by atoms with Crippen LogP contribution in [0.1, 0.15) is 11.6 Å². The Morgan fingerprint density at radius 3 is 2.80 bits per heavy atom. The lowest BCUT2D eigenvalue weighted by molar-refractivity contribution is 0.193. The lowest BCUT2D eigenvalue weighted by Gasteiger charge is -2.12. The summed E-state index contributed by atoms with van der Waals surface area (Å²) < 4.78 is 13.5. The molecule has 0 bridgehead atoms. The summed E-state index contributed by atoms with van der Waals surface area (Å²) in [7, 11) is 0. The molecule has 0 unspecified atom stereocenters. The molecule has 4 N–H and O–H groups in total. The summed E-state index contributed by atoms with van der Waals surface area (Å²) in [6.45, 7) is 0.0469. The highest BCUT2D eigenvalue weighted by molar-refractivity contribution is 9.10. The number of halogens is 2. The van der Waals surface area contributed by atoms with Gasteiger partial charge < -0.3 is 16.2 Å². The van der Waals surface area contributed by atoms with Crippen LogP contribution in [0.4, 0.5) is 9.18 Å². The third-order valence-electron chi connectivity index (χ3n) is 1.79. The Balaban J connectivity index is 2.72. The zero-order valence-corrected chi connectivity index (χ0v) is 9.29. The van der Waals surface area contributed by atoms with Gasteiger partial charge in [-0.05, 0) is 23.8 Å². The molecule has 0 heterocycles. The minimum absolute atomic E-state index is 0.0469. The second-order valence-corrected chi connectivity index (χ2v) is 3.91. The van der Waals surface area contributed by atoms with Crippen molar-refractivity contribution >= 4 is 22.0 Å². The topological polar surface area (TPSA) is 75.3 Å². The molecule has 0 radical (unpaired) electrons. The van der Waals surface area contributed by atoms with Gasteiger partial charge in [-0.3, -0.25) is 0 Å². The van der Waals surface area contributed by atoms with Crippen LogP contribution in [-0.4, -0.2) is 17.7 Å². The van der Waals surface area contributed by atoms with Gasteiger partial charge in [0.15, 0.2) is 0 Å². The van der Waals surface area contributed by atoms with Crippen LogP contribution in [0.15, 0.2) is 22.7 Å². The lowest BCUT2D eigenvalue weighted by Crippen LogP contribution is -2.30. The van der Waals surface area contributed by atoms with E-state index in [-0.39, 0.29) is 6.54 Å². The fourth-order valence-electron chi connectivity index (χ4n) is 1.10. The molecule has 0 saturated heterocycles. The first-order valence-electron chi connectivity index (χ1n) is 4.17. The van der Waals surface area contributed by atoms with Crippen molar-refractivity contribution in [2.24, 2.45) is 5.73 Å².